The Morgan fingerprint density at radius 3 is 2.40 bits per heavy atom. The molecular formula is C19H23N3O2S. The molecule has 0 atom stereocenters. The minimum Gasteiger partial charge on any atom is -0.497 e. The van der Waals surface area contributed by atoms with Crippen LogP contribution >= 0.6 is 11.3 Å². The summed E-state index contributed by atoms with van der Waals surface area (Å²) in [4.78, 5) is 15.0. The molecule has 4 rings (SSSR count). The smallest absolute Gasteiger partial charge is 0.232 e. The molecule has 6 heteroatoms. The quantitative estimate of drug-likeness (QED) is 0.801. The Balaban J connectivity index is 1.60. The van der Waals surface area contributed by atoms with Crippen molar-refractivity contribution in [3.63, 3.8) is 0 Å². The van der Waals surface area contributed by atoms with Crippen LogP contribution in [0.2, 0.25) is 0 Å². The number of hydrogen-bond acceptors (Lipinski definition) is 5. The molecule has 0 radical (unpaired) electrons. The number of amides is 1. The number of benzene rings is 1. The van der Waals surface area contributed by atoms with E-state index in [4.69, 9.17) is 4.74 Å². The van der Waals surface area contributed by atoms with Crippen molar-refractivity contribution in [1.82, 2.24) is 10.2 Å². The highest BCUT2D eigenvalue weighted by Crippen LogP contribution is 2.37. The van der Waals surface area contributed by atoms with Crippen LogP contribution in [0.25, 0.3) is 10.6 Å². The van der Waals surface area contributed by atoms with E-state index in [0.717, 1.165) is 47.1 Å². The molecule has 2 aliphatic rings. The van der Waals surface area contributed by atoms with Crippen molar-refractivity contribution in [2.45, 2.75) is 51.0 Å². The molecule has 0 unspecified atom stereocenters. The predicted molar refractivity (Wildman–Crippen MR) is 99.0 cm³/mol. The Morgan fingerprint density at radius 1 is 1.08 bits per heavy atom. The monoisotopic (exact) mass is 357 g/mol. The fraction of sp³-hybridized carbons (Fsp3) is 0.526. The molecule has 0 aliphatic heterocycles. The van der Waals surface area contributed by atoms with E-state index in [9.17, 15) is 4.79 Å². The third-order valence-corrected chi connectivity index (χ3v) is 6.31. The zero-order valence-corrected chi connectivity index (χ0v) is 15.3. The summed E-state index contributed by atoms with van der Waals surface area (Å²) < 4.78 is 5.21. The standard InChI is InChI=1S/C19H23N3O2S/c1-24-16-11-9-13(10-12-16)17-20-21-19(25-17)22(15-7-2-3-8-15)18(23)14-5-4-6-14/h9-12,14-15H,2-8H2,1H3. The predicted octanol–water partition coefficient (Wildman–Crippen LogP) is 4.29. The molecule has 2 fully saturated rings. The number of rotatable bonds is 5. The molecule has 2 aliphatic carbocycles. The summed E-state index contributed by atoms with van der Waals surface area (Å²) in [5.74, 6) is 1.27. The summed E-state index contributed by atoms with van der Waals surface area (Å²) in [7, 11) is 1.66. The molecule has 1 aromatic heterocycles. The van der Waals surface area contributed by atoms with Crippen molar-refractivity contribution in [1.29, 1.82) is 0 Å². The van der Waals surface area contributed by atoms with Crippen LogP contribution in [0.4, 0.5) is 5.13 Å². The lowest BCUT2D eigenvalue weighted by Crippen LogP contribution is -2.44. The zero-order chi connectivity index (χ0) is 17.2. The highest BCUT2D eigenvalue weighted by molar-refractivity contribution is 7.18. The fourth-order valence-corrected chi connectivity index (χ4v) is 4.54. The number of aromatic nitrogens is 2. The molecule has 1 amide bonds. The van der Waals surface area contributed by atoms with Crippen molar-refractivity contribution in [2.24, 2.45) is 5.92 Å². The molecule has 2 saturated carbocycles. The van der Waals surface area contributed by atoms with Crippen LogP contribution in [-0.2, 0) is 4.79 Å². The lowest BCUT2D eigenvalue weighted by molar-refractivity contribution is -0.125. The van der Waals surface area contributed by atoms with Crippen molar-refractivity contribution in [2.75, 3.05) is 12.0 Å². The van der Waals surface area contributed by atoms with Gasteiger partial charge in [0.05, 0.1) is 7.11 Å². The maximum Gasteiger partial charge on any atom is 0.232 e. The Hall–Kier alpha value is -1.95. The second-order valence-electron chi connectivity index (χ2n) is 6.89. The summed E-state index contributed by atoms with van der Waals surface area (Å²) in [5.41, 5.74) is 1.01. The maximum absolute atomic E-state index is 13.0. The second kappa shape index (κ2) is 7.12. The molecule has 1 heterocycles. The van der Waals surface area contributed by atoms with Crippen LogP contribution in [0.15, 0.2) is 24.3 Å². The van der Waals surface area contributed by atoms with E-state index in [1.807, 2.05) is 29.2 Å². The summed E-state index contributed by atoms with van der Waals surface area (Å²) in [6, 6.07) is 8.10. The van der Waals surface area contributed by atoms with Gasteiger partial charge in [-0.05, 0) is 49.9 Å². The van der Waals surface area contributed by atoms with Gasteiger partial charge in [0.25, 0.3) is 0 Å². The van der Waals surface area contributed by atoms with Gasteiger partial charge in [0.15, 0.2) is 0 Å². The van der Waals surface area contributed by atoms with Gasteiger partial charge in [0.1, 0.15) is 10.8 Å². The van der Waals surface area contributed by atoms with E-state index in [-0.39, 0.29) is 11.8 Å². The van der Waals surface area contributed by atoms with Gasteiger partial charge >= 0.3 is 0 Å². The lowest BCUT2D eigenvalue weighted by Gasteiger charge is -2.33. The molecule has 25 heavy (non-hydrogen) atoms. The third-order valence-electron chi connectivity index (χ3n) is 5.34. The Bertz CT molecular complexity index is 733. The molecule has 2 aromatic rings. The largest absolute Gasteiger partial charge is 0.497 e. The van der Waals surface area contributed by atoms with Gasteiger partial charge in [-0.2, -0.15) is 0 Å². The molecule has 5 nitrogen and oxygen atoms in total. The number of carbonyl (C=O) groups is 1. The number of nitrogens with zero attached hydrogens (tertiary/aromatic N) is 3. The van der Waals surface area contributed by atoms with Gasteiger partial charge in [-0.3, -0.25) is 9.69 Å². The average Bonchev–Trinajstić information content (AvgIpc) is 3.26. The van der Waals surface area contributed by atoms with E-state index in [1.165, 1.54) is 30.6 Å². The second-order valence-corrected chi connectivity index (χ2v) is 7.85. The lowest BCUT2D eigenvalue weighted by atomic mass is 9.84. The molecule has 0 spiro atoms. The van der Waals surface area contributed by atoms with Gasteiger partial charge in [0, 0.05) is 17.5 Å². The summed E-state index contributed by atoms with van der Waals surface area (Å²) in [6.07, 6.45) is 7.76. The molecule has 132 valence electrons. The number of methoxy groups -OCH3 is 1. The van der Waals surface area contributed by atoms with Crippen LogP contribution in [0, 0.1) is 5.92 Å². The van der Waals surface area contributed by atoms with Crippen LogP contribution < -0.4 is 9.64 Å². The third kappa shape index (κ3) is 3.27. The molecule has 0 saturated heterocycles. The first-order valence-corrected chi connectivity index (χ1v) is 9.89. The summed E-state index contributed by atoms with van der Waals surface area (Å²) in [5, 5.41) is 10.3. The van der Waals surface area contributed by atoms with Crippen LogP contribution in [0.3, 0.4) is 0 Å². The topological polar surface area (TPSA) is 55.3 Å². The summed E-state index contributed by atoms with van der Waals surface area (Å²) in [6.45, 7) is 0. The summed E-state index contributed by atoms with van der Waals surface area (Å²) >= 11 is 1.52. The number of hydrogen-bond donors (Lipinski definition) is 0. The first-order chi connectivity index (χ1) is 12.3. The Morgan fingerprint density at radius 2 is 1.80 bits per heavy atom. The van der Waals surface area contributed by atoms with Crippen molar-refractivity contribution >= 4 is 22.4 Å². The molecule has 0 bridgehead atoms. The van der Waals surface area contributed by atoms with E-state index in [2.05, 4.69) is 10.2 Å². The first-order valence-electron chi connectivity index (χ1n) is 9.07. The molecular weight excluding hydrogens is 334 g/mol. The first kappa shape index (κ1) is 16.5. The van der Waals surface area contributed by atoms with Gasteiger partial charge < -0.3 is 4.74 Å². The van der Waals surface area contributed by atoms with E-state index in [1.54, 1.807) is 7.11 Å². The van der Waals surface area contributed by atoms with E-state index in [0.29, 0.717) is 6.04 Å². The Labute approximate surface area is 152 Å². The average molecular weight is 357 g/mol. The van der Waals surface area contributed by atoms with E-state index >= 15 is 0 Å². The minimum atomic E-state index is 0.189. The van der Waals surface area contributed by atoms with Crippen LogP contribution in [0.5, 0.6) is 5.75 Å². The Kier molecular flexibility index (Phi) is 4.70. The molecule has 1 aromatic carbocycles. The number of carbonyl (C=O) groups excluding carboxylic acids is 1. The maximum atomic E-state index is 13.0. The molecule has 0 N–H and O–H groups in total. The van der Waals surface area contributed by atoms with Crippen molar-refractivity contribution < 1.29 is 9.53 Å². The van der Waals surface area contributed by atoms with Crippen molar-refractivity contribution in [3.05, 3.63) is 24.3 Å². The minimum absolute atomic E-state index is 0.189. The van der Waals surface area contributed by atoms with Crippen LogP contribution in [-0.4, -0.2) is 29.3 Å². The SMILES string of the molecule is COc1ccc(-c2nnc(N(C(=O)C3CCC3)C3CCCC3)s2)cc1. The van der Waals surface area contributed by atoms with Gasteiger partial charge in [-0.15, -0.1) is 10.2 Å². The number of anilines is 1. The van der Waals surface area contributed by atoms with Gasteiger partial charge in [0.2, 0.25) is 11.0 Å². The normalized spacial score (nSPS) is 18.1. The highest BCUT2D eigenvalue weighted by atomic mass is 32.1. The van der Waals surface area contributed by atoms with E-state index < -0.39 is 0 Å². The zero-order valence-electron chi connectivity index (χ0n) is 14.5. The highest BCUT2D eigenvalue weighted by Gasteiger charge is 2.36. The fourth-order valence-electron chi connectivity index (χ4n) is 3.61. The van der Waals surface area contributed by atoms with Gasteiger partial charge in [-0.1, -0.05) is 30.6 Å². The van der Waals surface area contributed by atoms with Crippen molar-refractivity contribution in [3.8, 4) is 16.3 Å². The van der Waals surface area contributed by atoms with Gasteiger partial charge in [-0.25, -0.2) is 0 Å². The number of ether oxygens (including phenoxy) is 1. The van der Waals surface area contributed by atoms with Crippen LogP contribution in [0.1, 0.15) is 44.9 Å².